The number of carbonyl (C=O) groups is 2. The summed E-state index contributed by atoms with van der Waals surface area (Å²) in [5.41, 5.74) is 2.50. The quantitative estimate of drug-likeness (QED) is 0.860. The summed E-state index contributed by atoms with van der Waals surface area (Å²) in [6.07, 6.45) is -1.08. The van der Waals surface area contributed by atoms with Crippen LogP contribution in [-0.2, 0) is 14.3 Å². The smallest absolute Gasteiger partial charge is 0.348 e. The fourth-order valence-electron chi connectivity index (χ4n) is 3.00. The maximum absolute atomic E-state index is 12.6. The molecule has 1 aliphatic rings. The minimum Gasteiger partial charge on any atom is -0.478 e. The lowest BCUT2D eigenvalue weighted by atomic mass is 9.98. The normalized spacial score (nSPS) is 19.5. The van der Waals surface area contributed by atoms with Crippen LogP contribution >= 0.6 is 0 Å². The lowest BCUT2D eigenvalue weighted by Crippen LogP contribution is -2.30. The molecule has 0 aromatic heterocycles. The van der Waals surface area contributed by atoms with E-state index in [0.717, 1.165) is 16.9 Å². The molecule has 0 saturated heterocycles. The number of esters is 1. The average Bonchev–Trinajstić information content (AvgIpc) is 2.92. The summed E-state index contributed by atoms with van der Waals surface area (Å²) in [4.78, 5) is 23.7. The second kappa shape index (κ2) is 6.97. The van der Waals surface area contributed by atoms with E-state index < -0.39 is 12.2 Å². The highest BCUT2D eigenvalue weighted by molar-refractivity contribution is 5.88. The highest BCUT2D eigenvalue weighted by atomic mass is 16.6. The molecule has 2 aromatic carbocycles. The molecule has 2 aromatic rings. The standard InChI is InChI=1S/C20H21NO4/c1-12-17-9-4-5-10-18(17)25-19(12)20(23)24-13(2)15-7-6-8-16(11-15)21-14(3)22/h4-13,19H,1-3H3,(H,21,22)/t12-,13-,19+/m0/s1. The van der Waals surface area contributed by atoms with Crippen LogP contribution in [0.3, 0.4) is 0 Å². The van der Waals surface area contributed by atoms with Crippen LogP contribution in [0.2, 0.25) is 0 Å². The molecule has 0 spiro atoms. The number of fused-ring (bicyclic) bond motifs is 1. The number of hydrogen-bond acceptors (Lipinski definition) is 4. The maximum Gasteiger partial charge on any atom is 0.348 e. The van der Waals surface area contributed by atoms with Crippen molar-refractivity contribution in [1.82, 2.24) is 0 Å². The predicted octanol–water partition coefficient (Wildman–Crippen LogP) is 3.81. The SMILES string of the molecule is CC(=O)Nc1cccc([C@H](C)OC(=O)[C@@H]2Oc3ccccc3[C@@H]2C)c1. The monoisotopic (exact) mass is 339 g/mol. The van der Waals surface area contributed by atoms with Crippen LogP contribution < -0.4 is 10.1 Å². The van der Waals surface area contributed by atoms with Gasteiger partial charge in [0.1, 0.15) is 11.9 Å². The molecule has 130 valence electrons. The maximum atomic E-state index is 12.6. The Morgan fingerprint density at radius 3 is 2.64 bits per heavy atom. The van der Waals surface area contributed by atoms with Crippen molar-refractivity contribution in [3.63, 3.8) is 0 Å². The summed E-state index contributed by atoms with van der Waals surface area (Å²) in [7, 11) is 0. The van der Waals surface area contributed by atoms with Crippen molar-refractivity contribution in [3.8, 4) is 5.75 Å². The summed E-state index contributed by atoms with van der Waals surface area (Å²) in [5, 5.41) is 2.72. The van der Waals surface area contributed by atoms with Gasteiger partial charge in [0.2, 0.25) is 12.0 Å². The minimum absolute atomic E-state index is 0.0541. The molecule has 0 saturated carbocycles. The average molecular weight is 339 g/mol. The van der Waals surface area contributed by atoms with Crippen molar-refractivity contribution >= 4 is 17.6 Å². The van der Waals surface area contributed by atoms with E-state index in [1.807, 2.05) is 43.3 Å². The molecule has 0 aliphatic carbocycles. The van der Waals surface area contributed by atoms with Gasteiger partial charge in [0.05, 0.1) is 0 Å². The van der Waals surface area contributed by atoms with Crippen molar-refractivity contribution in [2.75, 3.05) is 5.32 Å². The van der Waals surface area contributed by atoms with E-state index in [0.29, 0.717) is 5.69 Å². The fraction of sp³-hybridized carbons (Fsp3) is 0.300. The van der Waals surface area contributed by atoms with Crippen molar-refractivity contribution in [3.05, 3.63) is 59.7 Å². The molecular formula is C20H21NO4. The molecule has 5 heteroatoms. The van der Waals surface area contributed by atoms with Gasteiger partial charge < -0.3 is 14.8 Å². The molecule has 0 radical (unpaired) electrons. The van der Waals surface area contributed by atoms with Gasteiger partial charge in [-0.2, -0.15) is 0 Å². The first kappa shape index (κ1) is 17.0. The van der Waals surface area contributed by atoms with Gasteiger partial charge in [-0.05, 0) is 30.7 Å². The third-order valence-electron chi connectivity index (χ3n) is 4.32. The second-order valence-corrected chi connectivity index (χ2v) is 6.25. The molecule has 25 heavy (non-hydrogen) atoms. The van der Waals surface area contributed by atoms with E-state index in [4.69, 9.17) is 9.47 Å². The zero-order valence-corrected chi connectivity index (χ0v) is 14.5. The van der Waals surface area contributed by atoms with Crippen LogP contribution in [0.25, 0.3) is 0 Å². The molecule has 5 nitrogen and oxygen atoms in total. The number of anilines is 1. The van der Waals surface area contributed by atoms with E-state index in [9.17, 15) is 9.59 Å². The molecule has 0 bridgehead atoms. The van der Waals surface area contributed by atoms with Gasteiger partial charge in [0.15, 0.2) is 0 Å². The molecule has 1 aliphatic heterocycles. The van der Waals surface area contributed by atoms with Gasteiger partial charge in [-0.25, -0.2) is 4.79 Å². The van der Waals surface area contributed by atoms with E-state index in [2.05, 4.69) is 5.32 Å². The summed E-state index contributed by atoms with van der Waals surface area (Å²) in [6, 6.07) is 14.9. The number of amides is 1. The van der Waals surface area contributed by atoms with Crippen molar-refractivity contribution in [2.45, 2.75) is 38.9 Å². The number of carbonyl (C=O) groups excluding carboxylic acids is 2. The van der Waals surface area contributed by atoms with Gasteiger partial charge in [-0.15, -0.1) is 0 Å². The molecule has 3 rings (SSSR count). The number of hydrogen-bond donors (Lipinski definition) is 1. The molecular weight excluding hydrogens is 318 g/mol. The van der Waals surface area contributed by atoms with Gasteiger partial charge in [-0.3, -0.25) is 4.79 Å². The number of ether oxygens (including phenoxy) is 2. The Morgan fingerprint density at radius 2 is 1.92 bits per heavy atom. The largest absolute Gasteiger partial charge is 0.478 e. The summed E-state index contributed by atoms with van der Waals surface area (Å²) in [5.74, 6) is 0.146. The molecule has 0 fully saturated rings. The Hall–Kier alpha value is -2.82. The Kier molecular flexibility index (Phi) is 4.74. The third kappa shape index (κ3) is 3.65. The Labute approximate surface area is 147 Å². The fourth-order valence-corrected chi connectivity index (χ4v) is 3.00. The summed E-state index contributed by atoms with van der Waals surface area (Å²) in [6.45, 7) is 5.21. The zero-order valence-electron chi connectivity index (χ0n) is 14.5. The van der Waals surface area contributed by atoms with Gasteiger partial charge in [0.25, 0.3) is 0 Å². The van der Waals surface area contributed by atoms with E-state index in [1.165, 1.54) is 6.92 Å². The van der Waals surface area contributed by atoms with Gasteiger partial charge in [0, 0.05) is 24.1 Å². The Morgan fingerprint density at radius 1 is 1.16 bits per heavy atom. The van der Waals surface area contributed by atoms with Crippen molar-refractivity contribution in [2.24, 2.45) is 0 Å². The lowest BCUT2D eigenvalue weighted by Gasteiger charge is -2.19. The highest BCUT2D eigenvalue weighted by Gasteiger charge is 2.38. The first-order valence-corrected chi connectivity index (χ1v) is 8.29. The van der Waals surface area contributed by atoms with E-state index in [1.54, 1.807) is 19.1 Å². The van der Waals surface area contributed by atoms with Crippen LogP contribution in [0.4, 0.5) is 5.69 Å². The molecule has 0 unspecified atom stereocenters. The zero-order chi connectivity index (χ0) is 18.0. The Balaban J connectivity index is 1.68. The minimum atomic E-state index is -0.640. The third-order valence-corrected chi connectivity index (χ3v) is 4.32. The molecule has 1 N–H and O–H groups in total. The van der Waals surface area contributed by atoms with Crippen molar-refractivity contribution < 1.29 is 19.1 Å². The summed E-state index contributed by atoms with van der Waals surface area (Å²) >= 11 is 0. The first-order chi connectivity index (χ1) is 12.0. The number of nitrogens with one attached hydrogen (secondary N) is 1. The second-order valence-electron chi connectivity index (χ2n) is 6.25. The van der Waals surface area contributed by atoms with Crippen LogP contribution in [0.1, 0.15) is 43.9 Å². The molecule has 1 amide bonds. The van der Waals surface area contributed by atoms with Crippen LogP contribution in [0.5, 0.6) is 5.75 Å². The molecule has 1 heterocycles. The van der Waals surface area contributed by atoms with E-state index >= 15 is 0 Å². The lowest BCUT2D eigenvalue weighted by molar-refractivity contribution is -0.157. The number of para-hydroxylation sites is 1. The van der Waals surface area contributed by atoms with Crippen LogP contribution in [-0.4, -0.2) is 18.0 Å². The van der Waals surface area contributed by atoms with Crippen molar-refractivity contribution in [1.29, 1.82) is 0 Å². The topological polar surface area (TPSA) is 64.6 Å². The number of rotatable bonds is 4. The first-order valence-electron chi connectivity index (χ1n) is 8.29. The van der Waals surface area contributed by atoms with E-state index in [-0.39, 0.29) is 17.8 Å². The predicted molar refractivity (Wildman–Crippen MR) is 94.5 cm³/mol. The van der Waals surface area contributed by atoms with Crippen LogP contribution in [0.15, 0.2) is 48.5 Å². The highest BCUT2D eigenvalue weighted by Crippen LogP contribution is 2.38. The van der Waals surface area contributed by atoms with Gasteiger partial charge in [-0.1, -0.05) is 37.3 Å². The summed E-state index contributed by atoms with van der Waals surface area (Å²) < 4.78 is 11.4. The molecule has 3 atom stereocenters. The van der Waals surface area contributed by atoms with Gasteiger partial charge >= 0.3 is 5.97 Å². The van der Waals surface area contributed by atoms with Crippen LogP contribution in [0, 0.1) is 0 Å². The number of benzene rings is 2. The Bertz CT molecular complexity index is 802.